The third kappa shape index (κ3) is 5.24. The summed E-state index contributed by atoms with van der Waals surface area (Å²) in [4.78, 5) is 10.6. The molecule has 0 spiro atoms. The first kappa shape index (κ1) is 11.6. The molecule has 1 N–H and O–H groups in total. The van der Waals surface area contributed by atoms with E-state index in [1.54, 1.807) is 23.0 Å². The summed E-state index contributed by atoms with van der Waals surface area (Å²) in [6.45, 7) is 2.63. The highest BCUT2D eigenvalue weighted by Gasteiger charge is 2.06. The van der Waals surface area contributed by atoms with Crippen LogP contribution in [0.15, 0.2) is 0 Å². The molecule has 3 nitrogen and oxygen atoms in total. The topological polar surface area (TPSA) is 38.3 Å². The van der Waals surface area contributed by atoms with Gasteiger partial charge in [0.2, 0.25) is 0 Å². The first-order valence-corrected chi connectivity index (χ1v) is 4.62. The number of hydrogen-bond donors (Lipinski definition) is 1. The highest BCUT2D eigenvalue weighted by molar-refractivity contribution is 14.1. The summed E-state index contributed by atoms with van der Waals surface area (Å²) in [5, 5.41) is 2.60. The molecule has 0 saturated carbocycles. The van der Waals surface area contributed by atoms with Crippen molar-refractivity contribution in [1.29, 1.82) is 0 Å². The van der Waals surface area contributed by atoms with E-state index in [1.807, 2.05) is 6.92 Å². The van der Waals surface area contributed by atoms with Crippen molar-refractivity contribution in [1.82, 2.24) is 5.32 Å². The maximum atomic E-state index is 10.6. The van der Waals surface area contributed by atoms with Gasteiger partial charge in [-0.3, -0.25) is 0 Å². The molecule has 0 radical (unpaired) electrons. The average Bonchev–Trinajstić information content (AvgIpc) is 2.11. The van der Waals surface area contributed by atoms with Crippen LogP contribution in [0.5, 0.6) is 0 Å². The third-order valence-electron chi connectivity index (χ3n) is 1.59. The van der Waals surface area contributed by atoms with Gasteiger partial charge in [0.25, 0.3) is 0 Å². The Kier molecular flexibility index (Phi) is 6.96. The van der Waals surface area contributed by atoms with E-state index in [1.165, 1.54) is 0 Å². The van der Waals surface area contributed by atoms with Gasteiger partial charge in [-0.2, -0.15) is 0 Å². The maximum absolute atomic E-state index is 10.6. The van der Waals surface area contributed by atoms with Gasteiger partial charge in [-0.25, -0.2) is 4.79 Å². The molecule has 1 unspecified atom stereocenters. The summed E-state index contributed by atoms with van der Waals surface area (Å²) < 4.78 is 4.39. The molecule has 0 saturated heterocycles. The molecule has 0 aliphatic heterocycles. The molecule has 1 atom stereocenters. The molecule has 4 heteroatoms. The van der Waals surface area contributed by atoms with E-state index in [4.69, 9.17) is 6.42 Å². The smallest absolute Gasteiger partial charge is 0.378 e. The van der Waals surface area contributed by atoms with Crippen molar-refractivity contribution in [3.63, 3.8) is 0 Å². The quantitative estimate of drug-likeness (QED) is 0.633. The number of halogens is 1. The maximum Gasteiger partial charge on any atom is 0.416 e. The van der Waals surface area contributed by atoms with E-state index in [0.717, 1.165) is 6.42 Å². The number of terminal acetylenes is 1. The van der Waals surface area contributed by atoms with Crippen LogP contribution in [0, 0.1) is 18.3 Å². The Morgan fingerprint density at radius 1 is 1.83 bits per heavy atom. The number of amides is 1. The Morgan fingerprint density at radius 2 is 2.50 bits per heavy atom. The molecule has 0 aliphatic rings. The van der Waals surface area contributed by atoms with Gasteiger partial charge >= 0.3 is 6.09 Å². The van der Waals surface area contributed by atoms with Crippen LogP contribution in [0.2, 0.25) is 0 Å². The van der Waals surface area contributed by atoms with Gasteiger partial charge < -0.3 is 8.38 Å². The first-order chi connectivity index (χ1) is 5.74. The molecule has 0 aromatic rings. The van der Waals surface area contributed by atoms with Crippen molar-refractivity contribution >= 4 is 29.1 Å². The van der Waals surface area contributed by atoms with Crippen molar-refractivity contribution < 1.29 is 7.86 Å². The minimum Gasteiger partial charge on any atom is -0.378 e. The highest BCUT2D eigenvalue weighted by atomic mass is 127. The zero-order valence-electron chi connectivity index (χ0n) is 6.97. The Hall–Kier alpha value is -0.440. The second-order valence-corrected chi connectivity index (χ2v) is 2.87. The second-order valence-electron chi connectivity index (χ2n) is 2.43. The van der Waals surface area contributed by atoms with E-state index in [9.17, 15) is 4.79 Å². The molecule has 68 valence electrons. The van der Waals surface area contributed by atoms with Gasteiger partial charge in [-0.15, -0.1) is 12.3 Å². The van der Waals surface area contributed by atoms with Crippen LogP contribution in [0.25, 0.3) is 0 Å². The predicted molar refractivity (Wildman–Crippen MR) is 55.7 cm³/mol. The summed E-state index contributed by atoms with van der Waals surface area (Å²) in [7, 11) is 0. The molecular formula is C8H12INO2. The molecule has 0 aromatic heterocycles. The normalized spacial score (nSPS) is 11.4. The van der Waals surface area contributed by atoms with Crippen molar-refractivity contribution in [2.75, 3.05) is 6.54 Å². The van der Waals surface area contributed by atoms with Gasteiger partial charge in [-0.1, -0.05) is 13.3 Å². The van der Waals surface area contributed by atoms with E-state index >= 15 is 0 Å². The fourth-order valence-electron chi connectivity index (χ4n) is 0.782. The lowest BCUT2D eigenvalue weighted by molar-refractivity contribution is 0.212. The van der Waals surface area contributed by atoms with Crippen LogP contribution in [-0.2, 0) is 3.07 Å². The van der Waals surface area contributed by atoms with Gasteiger partial charge in [0.05, 0.1) is 0 Å². The monoisotopic (exact) mass is 281 g/mol. The van der Waals surface area contributed by atoms with Crippen molar-refractivity contribution in [2.24, 2.45) is 5.92 Å². The minimum absolute atomic E-state index is 0.352. The van der Waals surface area contributed by atoms with Crippen LogP contribution < -0.4 is 5.32 Å². The number of rotatable bonds is 4. The summed E-state index contributed by atoms with van der Waals surface area (Å²) in [5.41, 5.74) is 0. The Bertz CT molecular complexity index is 176. The van der Waals surface area contributed by atoms with E-state index < -0.39 is 6.09 Å². The molecule has 0 aliphatic carbocycles. The second kappa shape index (κ2) is 7.22. The summed E-state index contributed by atoms with van der Waals surface area (Å²) in [6.07, 6.45) is 6.39. The Morgan fingerprint density at radius 3 is 2.92 bits per heavy atom. The van der Waals surface area contributed by atoms with Crippen LogP contribution >= 0.6 is 23.0 Å². The highest BCUT2D eigenvalue weighted by Crippen LogP contribution is 2.05. The molecule has 0 rings (SSSR count). The number of hydrogen-bond acceptors (Lipinski definition) is 2. The first-order valence-electron chi connectivity index (χ1n) is 3.74. The van der Waals surface area contributed by atoms with Gasteiger partial charge in [0.1, 0.15) is 0 Å². The SMILES string of the molecule is C#CCC(CC)CNC(=O)OI. The fourth-order valence-corrected chi connectivity index (χ4v) is 0.938. The molecule has 0 bridgehead atoms. The zero-order chi connectivity index (χ0) is 9.40. The van der Waals surface area contributed by atoms with Crippen LogP contribution in [-0.4, -0.2) is 12.6 Å². The molecule has 12 heavy (non-hydrogen) atoms. The molecule has 0 aromatic carbocycles. The lowest BCUT2D eigenvalue weighted by atomic mass is 10.0. The fraction of sp³-hybridized carbons (Fsp3) is 0.625. The molecule has 0 heterocycles. The van der Waals surface area contributed by atoms with Crippen molar-refractivity contribution in [3.8, 4) is 12.3 Å². The van der Waals surface area contributed by atoms with Crippen molar-refractivity contribution in [2.45, 2.75) is 19.8 Å². The number of carbonyl (C=O) groups excluding carboxylic acids is 1. The van der Waals surface area contributed by atoms with E-state index in [-0.39, 0.29) is 0 Å². The lowest BCUT2D eigenvalue weighted by Gasteiger charge is -2.10. The number of nitrogens with one attached hydrogen (secondary N) is 1. The zero-order valence-corrected chi connectivity index (χ0v) is 9.13. The average molecular weight is 281 g/mol. The summed E-state index contributed by atoms with van der Waals surface area (Å²) >= 11 is 1.54. The van der Waals surface area contributed by atoms with E-state index in [0.29, 0.717) is 18.9 Å². The third-order valence-corrected chi connectivity index (χ3v) is 1.99. The largest absolute Gasteiger partial charge is 0.416 e. The van der Waals surface area contributed by atoms with Crippen molar-refractivity contribution in [3.05, 3.63) is 0 Å². The summed E-state index contributed by atoms with van der Waals surface area (Å²) in [6, 6.07) is 0. The van der Waals surface area contributed by atoms with Gasteiger partial charge in [0.15, 0.2) is 23.0 Å². The van der Waals surface area contributed by atoms with Crippen LogP contribution in [0.4, 0.5) is 4.79 Å². The summed E-state index contributed by atoms with van der Waals surface area (Å²) in [5.74, 6) is 2.92. The van der Waals surface area contributed by atoms with Crippen LogP contribution in [0.3, 0.4) is 0 Å². The van der Waals surface area contributed by atoms with E-state index in [2.05, 4.69) is 14.3 Å². The predicted octanol–water partition coefficient (Wildman–Crippen LogP) is 2.11. The standard InChI is InChI=1S/C8H12INO2/c1-3-5-7(4-2)6-10-8(11)12-9/h1,7H,4-6H2,2H3,(H,10,11). The minimum atomic E-state index is -0.411. The van der Waals surface area contributed by atoms with Gasteiger partial charge in [-0.05, 0) is 5.92 Å². The Balaban J connectivity index is 3.59. The molecule has 1 amide bonds. The molecular weight excluding hydrogens is 269 g/mol. The number of carbonyl (C=O) groups is 1. The lowest BCUT2D eigenvalue weighted by Crippen LogP contribution is -2.27. The van der Waals surface area contributed by atoms with Crippen LogP contribution in [0.1, 0.15) is 19.8 Å². The Labute approximate surface area is 86.9 Å². The van der Waals surface area contributed by atoms with Gasteiger partial charge in [0, 0.05) is 13.0 Å². The molecule has 0 fully saturated rings.